The van der Waals surface area contributed by atoms with E-state index in [1.165, 1.54) is 35.8 Å². The maximum Gasteiger partial charge on any atom is 0.341 e. The number of amides is 1. The number of thioether (sulfide) groups is 1. The van der Waals surface area contributed by atoms with E-state index >= 15 is 0 Å². The van der Waals surface area contributed by atoms with Gasteiger partial charge >= 0.3 is 5.97 Å². The summed E-state index contributed by atoms with van der Waals surface area (Å²) < 4.78 is 13.0. The summed E-state index contributed by atoms with van der Waals surface area (Å²) >= 11 is 2.80. The van der Waals surface area contributed by atoms with Crippen molar-refractivity contribution in [2.75, 3.05) is 18.2 Å². The number of ether oxygens (including phenoxy) is 2. The number of carbonyl (C=O) groups is 2. The van der Waals surface area contributed by atoms with Gasteiger partial charge in [-0.2, -0.15) is 0 Å². The summed E-state index contributed by atoms with van der Waals surface area (Å²) in [6, 6.07) is 5.97. The van der Waals surface area contributed by atoms with Crippen LogP contribution in [0.2, 0.25) is 0 Å². The van der Waals surface area contributed by atoms with Gasteiger partial charge in [-0.25, -0.2) is 4.79 Å². The van der Waals surface area contributed by atoms with Gasteiger partial charge in [0.15, 0.2) is 11.0 Å². The lowest BCUT2D eigenvalue weighted by atomic mass is 9.88. The van der Waals surface area contributed by atoms with E-state index in [4.69, 9.17) is 9.47 Å². The Bertz CT molecular complexity index is 1270. The molecule has 0 aliphatic heterocycles. The molecule has 1 N–H and O–H groups in total. The summed E-state index contributed by atoms with van der Waals surface area (Å²) in [4.78, 5) is 26.5. The third kappa shape index (κ3) is 5.59. The first kappa shape index (κ1) is 26.2. The quantitative estimate of drug-likeness (QED) is 0.301. The molecule has 0 radical (unpaired) electrons. The maximum absolute atomic E-state index is 12.9. The molecule has 4 rings (SSSR count). The SMILES string of the molecule is CCn1c(COc2cccc(C)c2C)nnc1SCC(=O)Nc1sc2c(c1C(=O)OC)CCC(C)C2. The minimum Gasteiger partial charge on any atom is -0.485 e. The third-order valence-electron chi connectivity index (χ3n) is 6.51. The normalized spacial score (nSPS) is 14.9. The molecule has 10 heteroatoms. The summed E-state index contributed by atoms with van der Waals surface area (Å²) in [6.45, 7) is 9.25. The van der Waals surface area contributed by atoms with Gasteiger partial charge in [0.25, 0.3) is 0 Å². The van der Waals surface area contributed by atoms with Gasteiger partial charge in [-0.05, 0) is 68.7 Å². The number of fused-ring (bicyclic) bond motifs is 1. The number of anilines is 1. The largest absolute Gasteiger partial charge is 0.485 e. The molecule has 1 aromatic carbocycles. The molecule has 1 atom stereocenters. The number of aryl methyl sites for hydroxylation is 1. The van der Waals surface area contributed by atoms with Crippen LogP contribution in [0.4, 0.5) is 5.00 Å². The van der Waals surface area contributed by atoms with Crippen molar-refractivity contribution in [1.82, 2.24) is 14.8 Å². The van der Waals surface area contributed by atoms with Gasteiger partial charge in [-0.3, -0.25) is 4.79 Å². The Labute approximate surface area is 219 Å². The van der Waals surface area contributed by atoms with E-state index < -0.39 is 5.97 Å². The number of benzene rings is 1. The maximum atomic E-state index is 12.9. The molecule has 1 aliphatic rings. The molecule has 8 nitrogen and oxygen atoms in total. The van der Waals surface area contributed by atoms with Crippen LogP contribution in [-0.2, 0) is 35.5 Å². The molecule has 0 saturated heterocycles. The third-order valence-corrected chi connectivity index (χ3v) is 8.64. The fraction of sp³-hybridized carbons (Fsp3) is 0.462. The molecule has 0 spiro atoms. The predicted octanol–water partition coefficient (Wildman–Crippen LogP) is 5.20. The Balaban J connectivity index is 1.41. The van der Waals surface area contributed by atoms with Crippen molar-refractivity contribution >= 4 is 40.0 Å². The molecular weight excluding hydrogens is 496 g/mol. The number of rotatable bonds is 9. The van der Waals surface area contributed by atoms with Crippen molar-refractivity contribution in [3.8, 4) is 5.75 Å². The van der Waals surface area contributed by atoms with Crippen LogP contribution in [0.3, 0.4) is 0 Å². The number of hydrogen-bond donors (Lipinski definition) is 1. The van der Waals surface area contributed by atoms with Gasteiger partial charge in [0.05, 0.1) is 18.4 Å². The number of carbonyl (C=O) groups excluding carboxylic acids is 2. The first-order chi connectivity index (χ1) is 17.3. The van der Waals surface area contributed by atoms with E-state index in [-0.39, 0.29) is 11.7 Å². The van der Waals surface area contributed by atoms with Crippen molar-refractivity contribution in [1.29, 1.82) is 0 Å². The number of nitrogens with one attached hydrogen (secondary N) is 1. The fourth-order valence-corrected chi connectivity index (χ4v) is 6.56. The van der Waals surface area contributed by atoms with Crippen LogP contribution in [-0.4, -0.2) is 39.5 Å². The van der Waals surface area contributed by atoms with Crippen LogP contribution in [0.25, 0.3) is 0 Å². The number of aromatic nitrogens is 3. The zero-order valence-electron chi connectivity index (χ0n) is 21.3. The monoisotopic (exact) mass is 528 g/mol. The molecule has 1 aliphatic carbocycles. The van der Waals surface area contributed by atoms with Crippen LogP contribution in [0, 0.1) is 19.8 Å². The van der Waals surface area contributed by atoms with Crippen molar-refractivity contribution < 1.29 is 19.1 Å². The highest BCUT2D eigenvalue weighted by Gasteiger charge is 2.29. The van der Waals surface area contributed by atoms with Crippen molar-refractivity contribution in [3.05, 3.63) is 51.2 Å². The van der Waals surface area contributed by atoms with E-state index in [0.717, 1.165) is 41.0 Å². The van der Waals surface area contributed by atoms with Gasteiger partial charge in [0.2, 0.25) is 5.91 Å². The lowest BCUT2D eigenvalue weighted by Crippen LogP contribution is -2.17. The first-order valence-electron chi connectivity index (χ1n) is 12.1. The van der Waals surface area contributed by atoms with Gasteiger partial charge < -0.3 is 19.4 Å². The Kier molecular flexibility index (Phi) is 8.35. The Morgan fingerprint density at radius 2 is 2.08 bits per heavy atom. The molecule has 36 heavy (non-hydrogen) atoms. The summed E-state index contributed by atoms with van der Waals surface area (Å²) in [5, 5.41) is 12.7. The minimum atomic E-state index is -0.399. The zero-order valence-corrected chi connectivity index (χ0v) is 23.0. The fourth-order valence-electron chi connectivity index (χ4n) is 4.32. The minimum absolute atomic E-state index is 0.148. The molecule has 0 fully saturated rings. The molecule has 0 saturated carbocycles. The Morgan fingerprint density at radius 3 is 2.83 bits per heavy atom. The van der Waals surface area contributed by atoms with Crippen molar-refractivity contribution in [2.24, 2.45) is 5.92 Å². The topological polar surface area (TPSA) is 95.3 Å². The summed E-state index contributed by atoms with van der Waals surface area (Å²) in [5.41, 5.74) is 3.79. The average molecular weight is 529 g/mol. The van der Waals surface area contributed by atoms with Crippen LogP contribution in [0.5, 0.6) is 5.75 Å². The second-order valence-corrected chi connectivity index (χ2v) is 11.1. The number of thiophene rings is 1. The van der Waals surface area contributed by atoms with Crippen LogP contribution < -0.4 is 10.1 Å². The molecular formula is C26H32N4O4S2. The standard InChI is InChI=1S/C26H32N4O4S2/c1-6-30-21(13-34-19-9-7-8-16(3)17(19)4)28-29-26(30)35-14-22(31)27-24-23(25(32)33-5)18-11-10-15(2)12-20(18)36-24/h7-9,15H,6,10-14H2,1-5H3,(H,27,31). The van der Waals surface area contributed by atoms with Gasteiger partial charge in [0.1, 0.15) is 17.4 Å². The lowest BCUT2D eigenvalue weighted by molar-refractivity contribution is -0.113. The highest BCUT2D eigenvalue weighted by Crippen LogP contribution is 2.40. The summed E-state index contributed by atoms with van der Waals surface area (Å²) in [5.74, 6) is 1.64. The van der Waals surface area contributed by atoms with Gasteiger partial charge in [-0.15, -0.1) is 21.5 Å². The molecule has 2 aromatic heterocycles. The van der Waals surface area contributed by atoms with E-state index in [0.29, 0.717) is 40.6 Å². The zero-order chi connectivity index (χ0) is 25.8. The molecule has 1 unspecified atom stereocenters. The Hall–Kier alpha value is -2.85. The average Bonchev–Trinajstić information content (AvgIpc) is 3.42. The van der Waals surface area contributed by atoms with E-state index in [1.54, 1.807) is 0 Å². The van der Waals surface area contributed by atoms with E-state index in [2.05, 4.69) is 35.4 Å². The van der Waals surface area contributed by atoms with Crippen LogP contribution in [0.15, 0.2) is 23.4 Å². The van der Waals surface area contributed by atoms with Gasteiger partial charge in [0, 0.05) is 11.4 Å². The second kappa shape index (κ2) is 11.5. The molecule has 0 bridgehead atoms. The van der Waals surface area contributed by atoms with Crippen LogP contribution >= 0.6 is 23.1 Å². The van der Waals surface area contributed by atoms with E-state index in [1.807, 2.05) is 30.5 Å². The van der Waals surface area contributed by atoms with Gasteiger partial charge in [-0.1, -0.05) is 30.8 Å². The van der Waals surface area contributed by atoms with E-state index in [9.17, 15) is 9.59 Å². The number of esters is 1. The van der Waals surface area contributed by atoms with Crippen LogP contribution in [0.1, 0.15) is 58.0 Å². The molecule has 1 amide bonds. The first-order valence-corrected chi connectivity index (χ1v) is 13.9. The lowest BCUT2D eigenvalue weighted by Gasteiger charge is -2.18. The van der Waals surface area contributed by atoms with Crippen molar-refractivity contribution in [3.63, 3.8) is 0 Å². The molecule has 2 heterocycles. The molecule has 3 aromatic rings. The number of hydrogen-bond acceptors (Lipinski definition) is 8. The highest BCUT2D eigenvalue weighted by molar-refractivity contribution is 7.99. The number of nitrogens with zero attached hydrogens (tertiary/aromatic N) is 3. The van der Waals surface area contributed by atoms with Crippen molar-refractivity contribution in [2.45, 2.75) is 65.3 Å². The smallest absolute Gasteiger partial charge is 0.341 e. The summed E-state index contributed by atoms with van der Waals surface area (Å²) in [6.07, 6.45) is 2.77. The molecule has 192 valence electrons. The summed E-state index contributed by atoms with van der Waals surface area (Å²) in [7, 11) is 1.37. The predicted molar refractivity (Wildman–Crippen MR) is 142 cm³/mol. The number of methoxy groups -OCH3 is 1. The second-order valence-electron chi connectivity index (χ2n) is 9.01. The Morgan fingerprint density at radius 1 is 1.28 bits per heavy atom. The highest BCUT2D eigenvalue weighted by atomic mass is 32.2.